The van der Waals surface area contributed by atoms with Crippen LogP contribution in [0.1, 0.15) is 330 Å². The van der Waals surface area contributed by atoms with E-state index in [0.29, 0.717) is 25.7 Å². The summed E-state index contributed by atoms with van der Waals surface area (Å²) in [6.45, 7) is 9.45. The maximum atomic E-state index is 13.0. The first-order valence-electron chi connectivity index (χ1n) is 35.8. The summed E-state index contributed by atoms with van der Waals surface area (Å²) in [5.74, 6) is -0.622. The molecule has 6 atom stereocenters. The highest BCUT2D eigenvalue weighted by Crippen LogP contribution is 2.45. The summed E-state index contributed by atoms with van der Waals surface area (Å²) in [6, 6.07) is 0. The third-order valence-corrected chi connectivity index (χ3v) is 17.8. The minimum atomic E-state index is -4.96. The van der Waals surface area contributed by atoms with Crippen molar-refractivity contribution in [1.29, 1.82) is 0 Å². The summed E-state index contributed by atoms with van der Waals surface area (Å²) in [5, 5.41) is 10.6. The Kier molecular flexibility index (Phi) is 60.0. The molecule has 524 valence electrons. The Morgan fingerprint density at radius 2 is 0.663 bits per heavy atom. The number of rotatable bonds is 67. The predicted octanol–water partition coefficient (Wildman–Crippen LogP) is 19.5. The second-order valence-electron chi connectivity index (χ2n) is 25.3. The van der Waals surface area contributed by atoms with Gasteiger partial charge in [0.25, 0.3) is 0 Å². The van der Waals surface area contributed by atoms with E-state index in [1.165, 1.54) is 128 Å². The van der Waals surface area contributed by atoms with E-state index in [4.69, 9.17) is 37.0 Å². The molecule has 19 heteroatoms. The number of allylic oxidation sites excluding steroid dienone is 4. The van der Waals surface area contributed by atoms with Gasteiger partial charge in [0.05, 0.1) is 26.4 Å². The molecule has 0 heterocycles. The smallest absolute Gasteiger partial charge is 0.462 e. The normalized spacial score (nSPS) is 14.6. The van der Waals surface area contributed by atoms with Crippen LogP contribution in [-0.2, 0) is 65.4 Å². The first-order chi connectivity index (χ1) is 42.9. The van der Waals surface area contributed by atoms with Crippen LogP contribution < -0.4 is 0 Å². The lowest BCUT2D eigenvalue weighted by Crippen LogP contribution is -2.30. The fourth-order valence-corrected chi connectivity index (χ4v) is 11.6. The number of unbranched alkanes of at least 4 members (excludes halogenated alkanes) is 33. The Bertz CT molecular complexity index is 1830. The number of carbonyl (C=O) groups excluding carboxylic acids is 4. The van der Waals surface area contributed by atoms with Gasteiger partial charge < -0.3 is 33.8 Å². The van der Waals surface area contributed by atoms with Gasteiger partial charge in [0, 0.05) is 25.7 Å². The molecule has 0 spiro atoms. The largest absolute Gasteiger partial charge is 0.472 e. The number of esters is 4. The Morgan fingerprint density at radius 1 is 0.371 bits per heavy atom. The van der Waals surface area contributed by atoms with Crippen LogP contribution in [0, 0.1) is 11.8 Å². The summed E-state index contributed by atoms with van der Waals surface area (Å²) < 4.78 is 68.2. The van der Waals surface area contributed by atoms with Gasteiger partial charge >= 0.3 is 39.5 Å². The summed E-state index contributed by atoms with van der Waals surface area (Å²) in [7, 11) is -9.91. The minimum Gasteiger partial charge on any atom is -0.462 e. The summed E-state index contributed by atoms with van der Waals surface area (Å²) >= 11 is 0. The molecule has 0 aromatic rings. The highest BCUT2D eigenvalue weighted by atomic mass is 31.2. The molecule has 0 saturated carbocycles. The zero-order chi connectivity index (χ0) is 65.7. The van der Waals surface area contributed by atoms with Crippen molar-refractivity contribution in [1.82, 2.24) is 0 Å². The molecule has 0 fully saturated rings. The second-order valence-corrected chi connectivity index (χ2v) is 28.2. The number of hydrogen-bond donors (Lipinski definition) is 3. The molecule has 0 aliphatic carbocycles. The van der Waals surface area contributed by atoms with Crippen molar-refractivity contribution >= 4 is 39.5 Å². The molecule has 0 rings (SSSR count). The van der Waals surface area contributed by atoms with E-state index in [9.17, 15) is 43.2 Å². The third-order valence-electron chi connectivity index (χ3n) is 15.9. The Labute approximate surface area is 542 Å². The first-order valence-corrected chi connectivity index (χ1v) is 38.8. The van der Waals surface area contributed by atoms with Gasteiger partial charge in [-0.15, -0.1) is 0 Å². The van der Waals surface area contributed by atoms with Crippen LogP contribution in [-0.4, -0.2) is 96.7 Å². The number of aliphatic hydroxyl groups is 1. The second kappa shape index (κ2) is 61.7. The van der Waals surface area contributed by atoms with E-state index < -0.39 is 97.5 Å². The number of phosphoric acid groups is 2. The van der Waals surface area contributed by atoms with Crippen molar-refractivity contribution < 1.29 is 80.2 Å². The Balaban J connectivity index is 5.28. The van der Waals surface area contributed by atoms with Crippen LogP contribution in [0.15, 0.2) is 24.3 Å². The van der Waals surface area contributed by atoms with Crippen LogP contribution in [0.3, 0.4) is 0 Å². The average Bonchev–Trinajstić information content (AvgIpc) is 3.63. The van der Waals surface area contributed by atoms with Gasteiger partial charge in [0.1, 0.15) is 19.3 Å². The van der Waals surface area contributed by atoms with Gasteiger partial charge in [-0.3, -0.25) is 37.3 Å². The fourth-order valence-electron chi connectivity index (χ4n) is 10.0. The van der Waals surface area contributed by atoms with Crippen LogP contribution in [0.25, 0.3) is 0 Å². The lowest BCUT2D eigenvalue weighted by Gasteiger charge is -2.21. The third kappa shape index (κ3) is 62.7. The quantitative estimate of drug-likeness (QED) is 0.0169. The first kappa shape index (κ1) is 86.5. The lowest BCUT2D eigenvalue weighted by molar-refractivity contribution is -0.161. The van der Waals surface area contributed by atoms with Gasteiger partial charge in [-0.1, -0.05) is 278 Å². The van der Waals surface area contributed by atoms with Crippen molar-refractivity contribution in [3.8, 4) is 0 Å². The maximum absolute atomic E-state index is 13.0. The van der Waals surface area contributed by atoms with Crippen LogP contribution in [0.2, 0.25) is 0 Å². The highest BCUT2D eigenvalue weighted by Gasteiger charge is 2.30. The van der Waals surface area contributed by atoms with Gasteiger partial charge in [-0.05, 0) is 63.2 Å². The topological polar surface area (TPSA) is 237 Å². The zero-order valence-electron chi connectivity index (χ0n) is 57.2. The standard InChI is InChI=1S/C70H132O17P2/c1-7-10-12-14-16-18-19-20-21-22-25-29-36-42-48-54-69(74)86-66(59-81-68(73)53-47-41-35-28-26-23-24-27-32-38-44-50-62(4)5)61-85-89(78,79)83-57-64(71)56-82-88(76,77)84-60-65(58-80-67(72)52-46-40-34-17-15-13-11-8-2)87-70(75)55-49-43-37-31-30-33-39-45-51-63(6)9-3/h18-21,62-66,71H,7-17,22-61H2,1-6H3,(H,76,77)(H,78,79)/b19-18-,21-20-/t63?,64-,65+,66+/m0/s1. The minimum absolute atomic E-state index is 0.0847. The fraction of sp³-hybridized carbons (Fsp3) is 0.886. The van der Waals surface area contributed by atoms with Gasteiger partial charge in [0.2, 0.25) is 0 Å². The lowest BCUT2D eigenvalue weighted by atomic mass is 9.99. The van der Waals surface area contributed by atoms with E-state index in [-0.39, 0.29) is 25.7 Å². The molecule has 0 radical (unpaired) electrons. The SMILES string of the molecule is CCCCCC/C=C\C=C/CCCCCCCC(=O)O[C@H](COC(=O)CCCCCCCCCCCCCC(C)C)COP(=O)(O)OC[C@@H](O)COP(=O)(O)OC[C@@H](COC(=O)CCCCCCCCCC)OC(=O)CCCCCCCCCCC(C)CC. The monoisotopic (exact) mass is 1310 g/mol. The molecule has 17 nitrogen and oxygen atoms in total. The number of aliphatic hydroxyl groups excluding tert-OH is 1. The number of ether oxygens (including phenoxy) is 4. The molecule has 0 aliphatic rings. The summed E-state index contributed by atoms with van der Waals surface area (Å²) in [4.78, 5) is 72.4. The molecule has 89 heavy (non-hydrogen) atoms. The number of hydrogen-bond acceptors (Lipinski definition) is 15. The molecule has 3 unspecified atom stereocenters. The van der Waals surface area contributed by atoms with E-state index in [2.05, 4.69) is 65.8 Å². The van der Waals surface area contributed by atoms with E-state index in [0.717, 1.165) is 121 Å². The molecule has 0 aromatic heterocycles. The molecule has 0 amide bonds. The highest BCUT2D eigenvalue weighted by molar-refractivity contribution is 7.47. The molecule has 0 bridgehead atoms. The molecule has 0 saturated heterocycles. The Morgan fingerprint density at radius 3 is 1.01 bits per heavy atom. The van der Waals surface area contributed by atoms with Crippen molar-refractivity contribution in [3.05, 3.63) is 24.3 Å². The molecule has 0 aromatic carbocycles. The van der Waals surface area contributed by atoms with Gasteiger partial charge in [-0.25, -0.2) is 9.13 Å². The van der Waals surface area contributed by atoms with E-state index in [1.54, 1.807) is 0 Å². The zero-order valence-corrected chi connectivity index (χ0v) is 59.0. The van der Waals surface area contributed by atoms with Crippen LogP contribution >= 0.6 is 15.6 Å². The number of carbonyl (C=O) groups is 4. The average molecular weight is 1310 g/mol. The molecular formula is C70H132O17P2. The predicted molar refractivity (Wildman–Crippen MR) is 358 cm³/mol. The van der Waals surface area contributed by atoms with Crippen molar-refractivity contribution in [3.63, 3.8) is 0 Å². The maximum Gasteiger partial charge on any atom is 0.472 e. The van der Waals surface area contributed by atoms with Crippen LogP contribution in [0.5, 0.6) is 0 Å². The molecular weight excluding hydrogens is 1170 g/mol. The van der Waals surface area contributed by atoms with Gasteiger partial charge in [0.15, 0.2) is 12.2 Å². The molecule has 0 aliphatic heterocycles. The van der Waals surface area contributed by atoms with Crippen LogP contribution in [0.4, 0.5) is 0 Å². The van der Waals surface area contributed by atoms with Crippen molar-refractivity contribution in [2.45, 2.75) is 349 Å². The van der Waals surface area contributed by atoms with Crippen molar-refractivity contribution in [2.24, 2.45) is 11.8 Å². The molecule has 3 N–H and O–H groups in total. The Hall–Kier alpha value is -2.46. The van der Waals surface area contributed by atoms with E-state index in [1.807, 2.05) is 0 Å². The van der Waals surface area contributed by atoms with Crippen molar-refractivity contribution in [2.75, 3.05) is 39.6 Å². The summed E-state index contributed by atoms with van der Waals surface area (Å²) in [6.07, 6.45) is 49.3. The van der Waals surface area contributed by atoms with E-state index >= 15 is 0 Å². The van der Waals surface area contributed by atoms with Gasteiger partial charge in [-0.2, -0.15) is 0 Å². The number of phosphoric ester groups is 2. The summed E-state index contributed by atoms with van der Waals surface area (Å²) in [5.41, 5.74) is 0.